The molecule has 0 spiro atoms. The third-order valence-corrected chi connectivity index (χ3v) is 4.76. The van der Waals surface area contributed by atoms with Gasteiger partial charge >= 0.3 is 6.18 Å². The van der Waals surface area contributed by atoms with E-state index in [1.54, 1.807) is 0 Å². The van der Waals surface area contributed by atoms with Gasteiger partial charge in [-0.15, -0.1) is 0 Å². The van der Waals surface area contributed by atoms with Crippen LogP contribution in [0.5, 0.6) is 0 Å². The first-order valence-corrected chi connectivity index (χ1v) is 8.01. The maximum Gasteiger partial charge on any atom is 0.391 e. The minimum Gasteiger partial charge on any atom is -0.338 e. The van der Waals surface area contributed by atoms with Crippen LogP contribution >= 0.6 is 0 Å². The fourth-order valence-electron chi connectivity index (χ4n) is 3.52. The third-order valence-electron chi connectivity index (χ3n) is 4.76. The van der Waals surface area contributed by atoms with Crippen molar-refractivity contribution in [3.63, 3.8) is 0 Å². The molecule has 21 heavy (non-hydrogen) atoms. The molecule has 1 unspecified atom stereocenters. The van der Waals surface area contributed by atoms with Crippen molar-refractivity contribution >= 4 is 5.91 Å². The Hall–Kier alpha value is -0.780. The van der Waals surface area contributed by atoms with Gasteiger partial charge < -0.3 is 10.2 Å². The van der Waals surface area contributed by atoms with Gasteiger partial charge in [0.2, 0.25) is 5.91 Å². The van der Waals surface area contributed by atoms with Crippen LogP contribution in [0.4, 0.5) is 13.2 Å². The first-order chi connectivity index (χ1) is 9.93. The van der Waals surface area contributed by atoms with Crippen LogP contribution < -0.4 is 5.32 Å². The van der Waals surface area contributed by atoms with Crippen molar-refractivity contribution in [2.75, 3.05) is 19.6 Å². The fraction of sp³-hybridized carbons (Fsp3) is 0.933. The number of hydrogen-bond acceptors (Lipinski definition) is 2. The molecule has 3 nitrogen and oxygen atoms in total. The Balaban J connectivity index is 1.92. The molecular formula is C15H25F3N2O. The lowest BCUT2D eigenvalue weighted by Gasteiger charge is -2.35. The van der Waals surface area contributed by atoms with Gasteiger partial charge in [0.25, 0.3) is 0 Å². The minimum atomic E-state index is -4.10. The van der Waals surface area contributed by atoms with Gasteiger partial charge in [0.15, 0.2) is 0 Å². The number of amides is 1. The van der Waals surface area contributed by atoms with E-state index in [4.69, 9.17) is 0 Å². The molecule has 2 aliphatic rings. The van der Waals surface area contributed by atoms with E-state index in [9.17, 15) is 18.0 Å². The summed E-state index contributed by atoms with van der Waals surface area (Å²) in [5.41, 5.74) is 0. The van der Waals surface area contributed by atoms with Gasteiger partial charge in [-0.2, -0.15) is 13.2 Å². The van der Waals surface area contributed by atoms with Gasteiger partial charge in [0, 0.05) is 25.0 Å². The molecule has 0 aromatic heterocycles. The molecule has 0 radical (unpaired) electrons. The topological polar surface area (TPSA) is 32.3 Å². The summed E-state index contributed by atoms with van der Waals surface area (Å²) in [4.78, 5) is 14.6. The molecule has 6 heteroatoms. The number of carbonyl (C=O) groups excluding carboxylic acids is 1. The second-order valence-electron chi connectivity index (χ2n) is 6.27. The van der Waals surface area contributed by atoms with Gasteiger partial charge in [-0.25, -0.2) is 0 Å². The smallest absolute Gasteiger partial charge is 0.338 e. The zero-order valence-electron chi connectivity index (χ0n) is 12.6. The highest BCUT2D eigenvalue weighted by atomic mass is 19.4. The molecular weight excluding hydrogens is 281 g/mol. The first-order valence-electron chi connectivity index (χ1n) is 8.01. The third kappa shape index (κ3) is 4.11. The lowest BCUT2D eigenvalue weighted by atomic mass is 9.81. The second-order valence-corrected chi connectivity index (χ2v) is 6.27. The summed E-state index contributed by atoms with van der Waals surface area (Å²) in [6.45, 7) is 4.47. The Kier molecular flexibility index (Phi) is 5.52. The van der Waals surface area contributed by atoms with Gasteiger partial charge in [0.05, 0.1) is 5.92 Å². The van der Waals surface area contributed by atoms with Crippen LogP contribution in [-0.4, -0.2) is 42.7 Å². The number of hydrogen-bond donors (Lipinski definition) is 1. The highest BCUT2D eigenvalue weighted by Gasteiger charge is 2.43. The van der Waals surface area contributed by atoms with Crippen molar-refractivity contribution in [2.24, 2.45) is 11.8 Å². The molecule has 0 aromatic carbocycles. The second kappa shape index (κ2) is 6.99. The normalized spacial score (nSPS) is 30.4. The van der Waals surface area contributed by atoms with Crippen LogP contribution in [0.15, 0.2) is 0 Å². The molecule has 1 aliphatic heterocycles. The minimum absolute atomic E-state index is 0.0752. The lowest BCUT2D eigenvalue weighted by molar-refractivity contribution is -0.185. The molecule has 1 aliphatic carbocycles. The predicted octanol–water partition coefficient (Wildman–Crippen LogP) is 2.96. The summed E-state index contributed by atoms with van der Waals surface area (Å²) >= 11 is 0. The van der Waals surface area contributed by atoms with E-state index in [1.807, 2.05) is 11.8 Å². The van der Waals surface area contributed by atoms with Gasteiger partial charge in [0.1, 0.15) is 0 Å². The summed E-state index contributed by atoms with van der Waals surface area (Å²) < 4.78 is 38.1. The van der Waals surface area contributed by atoms with Crippen LogP contribution in [-0.2, 0) is 4.79 Å². The van der Waals surface area contributed by atoms with E-state index in [0.717, 1.165) is 25.9 Å². The SMILES string of the molecule is CCCN(C(=O)C1CCC(C(F)(F)F)CC1)C1CCNC1. The van der Waals surface area contributed by atoms with E-state index < -0.39 is 12.1 Å². The maximum absolute atomic E-state index is 12.7. The molecule has 0 aromatic rings. The molecule has 1 saturated carbocycles. The van der Waals surface area contributed by atoms with Crippen LogP contribution in [0, 0.1) is 11.8 Å². The molecule has 2 fully saturated rings. The molecule has 1 amide bonds. The largest absolute Gasteiger partial charge is 0.391 e. The van der Waals surface area contributed by atoms with Crippen LogP contribution in [0.25, 0.3) is 0 Å². The van der Waals surface area contributed by atoms with Crippen LogP contribution in [0.2, 0.25) is 0 Å². The Morgan fingerprint density at radius 3 is 2.33 bits per heavy atom. The molecule has 122 valence electrons. The molecule has 1 N–H and O–H groups in total. The fourth-order valence-corrected chi connectivity index (χ4v) is 3.52. The Morgan fingerprint density at radius 1 is 1.19 bits per heavy atom. The van der Waals surface area contributed by atoms with E-state index in [2.05, 4.69) is 5.32 Å². The molecule has 1 saturated heterocycles. The molecule has 0 bridgehead atoms. The highest BCUT2D eigenvalue weighted by Crippen LogP contribution is 2.40. The monoisotopic (exact) mass is 306 g/mol. The van der Waals surface area contributed by atoms with Gasteiger partial charge in [-0.3, -0.25) is 4.79 Å². The highest BCUT2D eigenvalue weighted by molar-refractivity contribution is 5.79. The summed E-state index contributed by atoms with van der Waals surface area (Å²) in [5.74, 6) is -1.35. The lowest BCUT2D eigenvalue weighted by Crippen LogP contribution is -2.46. The number of carbonyl (C=O) groups is 1. The quantitative estimate of drug-likeness (QED) is 0.866. The average Bonchev–Trinajstić information content (AvgIpc) is 2.97. The van der Waals surface area contributed by atoms with Crippen molar-refractivity contribution in [1.82, 2.24) is 10.2 Å². The Labute approximate surface area is 124 Å². The average molecular weight is 306 g/mol. The van der Waals surface area contributed by atoms with E-state index in [-0.39, 0.29) is 30.7 Å². The number of nitrogens with one attached hydrogen (secondary N) is 1. The maximum atomic E-state index is 12.7. The van der Waals surface area contributed by atoms with Crippen molar-refractivity contribution in [1.29, 1.82) is 0 Å². The first kappa shape index (κ1) is 16.6. The molecule has 2 rings (SSSR count). The number of alkyl halides is 3. The van der Waals surface area contributed by atoms with Crippen molar-refractivity contribution in [2.45, 2.75) is 57.7 Å². The summed E-state index contributed by atoms with van der Waals surface area (Å²) in [6.07, 6.45) is -1.31. The standard InChI is InChI=1S/C15H25F3N2O/c1-2-9-20(13-7-8-19-10-13)14(21)11-3-5-12(6-4-11)15(16,17)18/h11-13,19H,2-10H2,1H3. The van der Waals surface area contributed by atoms with Gasteiger partial charge in [-0.1, -0.05) is 6.92 Å². The number of halogens is 3. The molecule has 1 atom stereocenters. The van der Waals surface area contributed by atoms with Crippen molar-refractivity contribution in [3.05, 3.63) is 0 Å². The van der Waals surface area contributed by atoms with E-state index in [0.29, 0.717) is 19.4 Å². The summed E-state index contributed by atoms with van der Waals surface area (Å²) in [7, 11) is 0. The van der Waals surface area contributed by atoms with E-state index >= 15 is 0 Å². The zero-order valence-corrected chi connectivity index (χ0v) is 12.6. The number of rotatable bonds is 4. The predicted molar refractivity (Wildman–Crippen MR) is 74.8 cm³/mol. The van der Waals surface area contributed by atoms with Gasteiger partial charge in [-0.05, 0) is 45.1 Å². The van der Waals surface area contributed by atoms with Crippen molar-refractivity contribution < 1.29 is 18.0 Å². The summed E-state index contributed by atoms with van der Waals surface area (Å²) in [5, 5.41) is 3.25. The number of nitrogens with zero attached hydrogens (tertiary/aromatic N) is 1. The van der Waals surface area contributed by atoms with Crippen LogP contribution in [0.3, 0.4) is 0 Å². The van der Waals surface area contributed by atoms with Crippen molar-refractivity contribution in [3.8, 4) is 0 Å². The Bertz CT molecular complexity index is 345. The van der Waals surface area contributed by atoms with E-state index in [1.165, 1.54) is 0 Å². The molecule has 1 heterocycles. The van der Waals surface area contributed by atoms with Crippen LogP contribution in [0.1, 0.15) is 45.4 Å². The summed E-state index contributed by atoms with van der Waals surface area (Å²) in [6, 6.07) is 0.220. The zero-order chi connectivity index (χ0) is 15.5. The Morgan fingerprint density at radius 2 is 1.86 bits per heavy atom.